The predicted octanol–water partition coefficient (Wildman–Crippen LogP) is -2.07. The molecule has 36 heavy (non-hydrogen) atoms. The number of amides is 4. The molecule has 5 N–H and O–H groups in total. The maximum Gasteiger partial charge on any atom is 0.256 e. The monoisotopic (exact) mass is 514 g/mol. The van der Waals surface area contributed by atoms with Gasteiger partial charge in [-0.2, -0.15) is 0 Å². The molecule has 4 atom stereocenters. The summed E-state index contributed by atoms with van der Waals surface area (Å²) in [7, 11) is 0. The summed E-state index contributed by atoms with van der Waals surface area (Å²) in [6.45, 7) is 7.34. The molecule has 13 nitrogen and oxygen atoms in total. The fraction of sp³-hybridized carbons (Fsp3) is 0.652. The van der Waals surface area contributed by atoms with Gasteiger partial charge >= 0.3 is 0 Å². The van der Waals surface area contributed by atoms with Gasteiger partial charge in [0, 0.05) is 37.2 Å². The van der Waals surface area contributed by atoms with E-state index in [4.69, 9.17) is 9.47 Å². The van der Waals surface area contributed by atoms with Crippen LogP contribution >= 0.6 is 0 Å². The molecule has 0 aliphatic carbocycles. The summed E-state index contributed by atoms with van der Waals surface area (Å²) in [6, 6.07) is -2.47. The van der Waals surface area contributed by atoms with E-state index in [1.807, 2.05) is 0 Å². The highest BCUT2D eigenvalue weighted by atomic mass is 16.6. The second-order valence-corrected chi connectivity index (χ2v) is 8.96. The van der Waals surface area contributed by atoms with Crippen molar-refractivity contribution < 1.29 is 54.2 Å². The van der Waals surface area contributed by atoms with Crippen LogP contribution < -0.4 is 0 Å². The maximum absolute atomic E-state index is 12.3. The molecule has 202 valence electrons. The van der Waals surface area contributed by atoms with Crippen molar-refractivity contribution in [3.63, 3.8) is 0 Å². The molecule has 0 radical (unpaired) electrons. The summed E-state index contributed by atoms with van der Waals surface area (Å²) >= 11 is 0. The van der Waals surface area contributed by atoms with Crippen molar-refractivity contribution in [3.05, 3.63) is 24.3 Å². The van der Waals surface area contributed by atoms with Gasteiger partial charge in [-0.3, -0.25) is 29.0 Å². The number of imide groups is 2. The van der Waals surface area contributed by atoms with E-state index in [-0.39, 0.29) is 24.0 Å². The first-order valence-electron chi connectivity index (χ1n) is 11.4. The van der Waals surface area contributed by atoms with Crippen LogP contribution in [-0.2, 0) is 28.7 Å². The molecule has 4 unspecified atom stereocenters. The van der Waals surface area contributed by atoms with Crippen LogP contribution in [0.2, 0.25) is 0 Å². The molecule has 2 fully saturated rings. The van der Waals surface area contributed by atoms with Crippen molar-refractivity contribution >= 4 is 23.6 Å². The molecule has 0 spiro atoms. The lowest BCUT2D eigenvalue weighted by Crippen LogP contribution is -2.57. The highest BCUT2D eigenvalue weighted by Gasteiger charge is 2.48. The van der Waals surface area contributed by atoms with Gasteiger partial charge in [-0.05, 0) is 13.8 Å². The van der Waals surface area contributed by atoms with Crippen LogP contribution in [0.25, 0.3) is 0 Å². The van der Waals surface area contributed by atoms with Gasteiger partial charge in [-0.25, -0.2) is 0 Å². The Balaban J connectivity index is 2.06. The fourth-order valence-corrected chi connectivity index (χ4v) is 4.09. The Morgan fingerprint density at radius 3 is 1.39 bits per heavy atom. The van der Waals surface area contributed by atoms with E-state index in [0.717, 1.165) is 9.80 Å². The van der Waals surface area contributed by atoms with Crippen molar-refractivity contribution in [2.75, 3.05) is 26.4 Å². The zero-order valence-electron chi connectivity index (χ0n) is 20.4. The van der Waals surface area contributed by atoms with E-state index in [9.17, 15) is 44.7 Å². The van der Waals surface area contributed by atoms with Crippen LogP contribution in [-0.4, -0.2) is 115 Å². The number of nitrogens with zero attached hydrogens (tertiary/aromatic N) is 2. The highest BCUT2D eigenvalue weighted by Crippen LogP contribution is 2.30. The summed E-state index contributed by atoms with van der Waals surface area (Å²) in [4.78, 5) is 50.4. The van der Waals surface area contributed by atoms with Crippen molar-refractivity contribution in [3.8, 4) is 0 Å². The van der Waals surface area contributed by atoms with Gasteiger partial charge < -0.3 is 35.0 Å². The minimum Gasteiger partial charge on any atom is -0.396 e. The van der Waals surface area contributed by atoms with E-state index in [0.29, 0.717) is 0 Å². The number of carbonyl (C=O) groups excluding carboxylic acids is 4. The van der Waals surface area contributed by atoms with Crippen molar-refractivity contribution in [1.82, 2.24) is 9.80 Å². The molecule has 2 heterocycles. The van der Waals surface area contributed by atoms with Crippen LogP contribution in [0.15, 0.2) is 24.3 Å². The lowest BCUT2D eigenvalue weighted by molar-refractivity contribution is -0.270. The highest BCUT2D eigenvalue weighted by molar-refractivity contribution is 6.13. The van der Waals surface area contributed by atoms with Crippen LogP contribution in [0, 0.1) is 0 Å². The van der Waals surface area contributed by atoms with Crippen LogP contribution in [0.5, 0.6) is 0 Å². The zero-order chi connectivity index (χ0) is 27.4. The number of ether oxygens (including phenoxy) is 2. The molecule has 0 aromatic carbocycles. The summed E-state index contributed by atoms with van der Waals surface area (Å²) in [6.07, 6.45) is -2.73. The van der Waals surface area contributed by atoms with Gasteiger partial charge in [0.1, 0.15) is 6.10 Å². The third-order valence-electron chi connectivity index (χ3n) is 6.38. The predicted molar refractivity (Wildman–Crippen MR) is 121 cm³/mol. The SMILES string of the molecule is C=C1CC(=O)N(C(C)C(O)(CCO)OCC(O)COC(O)(CCO)C(C)N2C(=O)CC(=C)C2=O)C1=O. The first-order chi connectivity index (χ1) is 16.7. The molecule has 0 bridgehead atoms. The average Bonchev–Trinajstić information content (AvgIpc) is 3.21. The Kier molecular flexibility index (Phi) is 9.64. The van der Waals surface area contributed by atoms with E-state index in [1.54, 1.807) is 0 Å². The van der Waals surface area contributed by atoms with Gasteiger partial charge in [0.25, 0.3) is 11.8 Å². The molecular formula is C23H34N2O11. The molecule has 13 heteroatoms. The topological polar surface area (TPSA) is 194 Å². The largest absolute Gasteiger partial charge is 0.396 e. The number of aliphatic hydroxyl groups is 5. The second-order valence-electron chi connectivity index (χ2n) is 8.96. The normalized spacial score (nSPS) is 22.8. The van der Waals surface area contributed by atoms with Gasteiger partial charge in [0.05, 0.1) is 38.1 Å². The standard InChI is InChI=1S/C23H34N2O11/c1-13-9-18(29)24(20(13)31)15(3)22(33,5-7-26)35-11-17(28)12-36-23(34,6-8-27)16(4)25-19(30)10-14(2)21(25)32/h15-17,26-28,33-34H,1-2,5-12H2,3-4H3. The van der Waals surface area contributed by atoms with Crippen molar-refractivity contribution in [2.45, 2.75) is 69.3 Å². The molecule has 2 aliphatic rings. The Bertz CT molecular complexity index is 850. The van der Waals surface area contributed by atoms with E-state index in [2.05, 4.69) is 13.2 Å². The third-order valence-corrected chi connectivity index (χ3v) is 6.38. The Morgan fingerprint density at radius 1 is 0.806 bits per heavy atom. The lowest BCUT2D eigenvalue weighted by Gasteiger charge is -2.39. The average molecular weight is 515 g/mol. The maximum atomic E-state index is 12.3. The summed E-state index contributed by atoms with van der Waals surface area (Å²) in [5.41, 5.74) is 0.0879. The van der Waals surface area contributed by atoms with Crippen LogP contribution in [0.3, 0.4) is 0 Å². The van der Waals surface area contributed by atoms with Crippen LogP contribution in [0.1, 0.15) is 39.5 Å². The van der Waals surface area contributed by atoms with Crippen LogP contribution in [0.4, 0.5) is 0 Å². The lowest BCUT2D eigenvalue weighted by atomic mass is 10.0. The Morgan fingerprint density at radius 2 is 1.14 bits per heavy atom. The summed E-state index contributed by atoms with van der Waals surface area (Å²) in [5.74, 6) is -7.03. The number of aliphatic hydroxyl groups excluding tert-OH is 3. The van der Waals surface area contributed by atoms with E-state index < -0.39 is 92.7 Å². The van der Waals surface area contributed by atoms with Crippen molar-refractivity contribution in [2.24, 2.45) is 0 Å². The molecular weight excluding hydrogens is 480 g/mol. The fourth-order valence-electron chi connectivity index (χ4n) is 4.09. The Labute approximate surface area is 208 Å². The number of carbonyl (C=O) groups is 4. The summed E-state index contributed by atoms with van der Waals surface area (Å²) in [5, 5.41) is 51.1. The second kappa shape index (κ2) is 11.7. The number of hydrogen-bond donors (Lipinski definition) is 5. The first kappa shape index (κ1) is 29.7. The van der Waals surface area contributed by atoms with Crippen molar-refractivity contribution in [1.29, 1.82) is 0 Å². The van der Waals surface area contributed by atoms with Gasteiger partial charge in [0.2, 0.25) is 11.8 Å². The number of likely N-dealkylation sites (tertiary alicyclic amines) is 2. The minimum absolute atomic E-state index is 0.0439. The molecule has 4 amide bonds. The number of rotatable bonds is 14. The Hall–Kier alpha value is -2.52. The number of hydrogen-bond acceptors (Lipinski definition) is 11. The zero-order valence-corrected chi connectivity index (χ0v) is 20.4. The summed E-state index contributed by atoms with van der Waals surface area (Å²) < 4.78 is 10.8. The van der Waals surface area contributed by atoms with Gasteiger partial charge in [0.15, 0.2) is 11.6 Å². The van der Waals surface area contributed by atoms with Gasteiger partial charge in [-0.1, -0.05) is 13.2 Å². The van der Waals surface area contributed by atoms with Gasteiger partial charge in [-0.15, -0.1) is 0 Å². The first-order valence-corrected chi connectivity index (χ1v) is 11.4. The molecule has 2 aliphatic heterocycles. The van der Waals surface area contributed by atoms with E-state index >= 15 is 0 Å². The molecule has 2 rings (SSSR count). The molecule has 0 aromatic rings. The quantitative estimate of drug-likeness (QED) is 0.0971. The molecule has 0 aromatic heterocycles. The van der Waals surface area contributed by atoms with E-state index in [1.165, 1.54) is 13.8 Å². The minimum atomic E-state index is -2.23. The third kappa shape index (κ3) is 6.06. The smallest absolute Gasteiger partial charge is 0.256 e. The molecule has 2 saturated heterocycles. The molecule has 0 saturated carbocycles.